The number of hydrogen-bond acceptors (Lipinski definition) is 2. The smallest absolute Gasteiger partial charge is 0.380 e. The van der Waals surface area contributed by atoms with Crippen molar-refractivity contribution in [2.24, 2.45) is 0 Å². The van der Waals surface area contributed by atoms with Crippen LogP contribution in [-0.2, 0) is 0 Å². The fourth-order valence-corrected chi connectivity index (χ4v) is 5.87. The Labute approximate surface area is 294 Å². The zero-order valence-electron chi connectivity index (χ0n) is 25.8. The molecule has 44 heavy (non-hydrogen) atoms. The molecule has 0 amide bonds. The lowest BCUT2D eigenvalue weighted by atomic mass is 8.31. The lowest BCUT2D eigenvalue weighted by Crippen LogP contribution is -2.89. The Morgan fingerprint density at radius 2 is 0.795 bits per heavy atom. The molecule has 1 fully saturated rings. The van der Waals surface area contributed by atoms with Crippen LogP contribution in [0.1, 0.15) is 26.7 Å². The van der Waals surface area contributed by atoms with E-state index < -0.39 is 101 Å². The molecule has 1 aliphatic rings. The number of aliphatic hydroxyl groups is 1. The third-order valence-corrected chi connectivity index (χ3v) is 7.96. The molecular formula is C8H16B31F3NO. The van der Waals surface area contributed by atoms with Crippen molar-refractivity contribution in [1.82, 2.24) is 5.32 Å². The molecule has 0 spiro atoms. The van der Waals surface area contributed by atoms with Gasteiger partial charge in [0.1, 0.15) is 0 Å². The topological polar surface area (TPSA) is 32.3 Å². The number of piperidine rings is 1. The van der Waals surface area contributed by atoms with E-state index in [9.17, 15) is 13.2 Å². The minimum Gasteiger partial charge on any atom is -0.380 e. The van der Waals surface area contributed by atoms with Crippen LogP contribution in [0.2, 0.25) is 0 Å². The fourth-order valence-electron chi connectivity index (χ4n) is 5.87. The van der Waals surface area contributed by atoms with E-state index in [4.69, 9.17) is 129 Å². The molecule has 173 valence electrons. The molecule has 0 atom stereocenters. The number of hydrogen-bond donors (Lipinski definition) is 2. The summed E-state index contributed by atoms with van der Waals surface area (Å²) in [6.45, 7) is 4.46. The Bertz CT molecular complexity index is 691. The minimum atomic E-state index is -4.48. The van der Waals surface area contributed by atoms with Crippen LogP contribution in [0.15, 0.2) is 0 Å². The summed E-state index contributed by atoms with van der Waals surface area (Å²) in [7, 11) is 98.1. The van der Waals surface area contributed by atoms with Crippen molar-refractivity contribution < 1.29 is 18.3 Å². The van der Waals surface area contributed by atoms with E-state index in [0.717, 1.165) is 0 Å². The van der Waals surface area contributed by atoms with Crippen LogP contribution in [-0.4, -0.2) is 250 Å². The summed E-state index contributed by atoms with van der Waals surface area (Å²) in [5.41, 5.74) is -2.45. The molecule has 2 nitrogen and oxygen atoms in total. The van der Waals surface area contributed by atoms with Gasteiger partial charge in [0.2, 0.25) is 0 Å². The Hall–Kier alpha value is 1.72. The van der Waals surface area contributed by atoms with Crippen LogP contribution < -0.4 is 5.32 Å². The SMILES string of the molecule is CC.OC1(C(F)(F)F)CCNCC1.[B][B]B([B])B(B([B])[B])B(B(B([B])[B])B([B])[B])B(B(B([B])[B])B([B])[B])B(B([B])[B])B([B])[B]. The molecule has 0 bridgehead atoms. The van der Waals surface area contributed by atoms with Crippen molar-refractivity contribution in [2.45, 2.75) is 38.5 Å². The van der Waals surface area contributed by atoms with Gasteiger partial charge in [-0.1, -0.05) is 13.8 Å². The quantitative estimate of drug-likeness (QED) is 0.217. The van der Waals surface area contributed by atoms with E-state index in [2.05, 4.69) is 5.32 Å². The molecule has 1 heterocycles. The molecule has 0 aromatic heterocycles. The second kappa shape index (κ2) is 22.4. The lowest BCUT2D eigenvalue weighted by Gasteiger charge is -2.50. The summed E-state index contributed by atoms with van der Waals surface area (Å²) in [4.78, 5) is 0. The molecular weight excluding hydrogens is 518 g/mol. The first-order valence-electron chi connectivity index (χ1n) is 14.5. The summed E-state index contributed by atoms with van der Waals surface area (Å²) in [6, 6.07) is 0. The van der Waals surface area contributed by atoms with Crippen molar-refractivity contribution in [3.8, 4) is 0 Å². The van der Waals surface area contributed by atoms with Gasteiger partial charge < -0.3 is 10.4 Å². The van der Waals surface area contributed by atoms with Crippen molar-refractivity contribution in [3.63, 3.8) is 0 Å². The molecule has 0 saturated carbocycles. The van der Waals surface area contributed by atoms with Crippen molar-refractivity contribution in [3.05, 3.63) is 0 Å². The third-order valence-electron chi connectivity index (χ3n) is 7.96. The van der Waals surface area contributed by atoms with E-state index in [-0.39, 0.29) is 25.9 Å². The molecule has 1 rings (SSSR count). The number of halogens is 3. The van der Waals surface area contributed by atoms with Gasteiger partial charge in [-0.05, 0) is 25.9 Å². The molecule has 1 aliphatic heterocycles. The van der Waals surface area contributed by atoms with Gasteiger partial charge in [-0.3, -0.25) is 0 Å². The Balaban J connectivity index is 0. The van der Waals surface area contributed by atoms with E-state index in [0.29, 0.717) is 0 Å². The average Bonchev–Trinajstić information content (AvgIpc) is 2.87. The number of alkyl halides is 3. The lowest BCUT2D eigenvalue weighted by molar-refractivity contribution is -0.267. The van der Waals surface area contributed by atoms with Crippen molar-refractivity contribution >= 4 is 220 Å². The molecule has 1 saturated heterocycles. The van der Waals surface area contributed by atoms with Crippen LogP contribution in [0.25, 0.3) is 0 Å². The van der Waals surface area contributed by atoms with Gasteiger partial charge in [-0.25, -0.2) is 0 Å². The predicted molar refractivity (Wildman–Crippen MR) is 223 cm³/mol. The van der Waals surface area contributed by atoms with Gasteiger partial charge in [0.15, 0.2) is 5.60 Å². The minimum absolute atomic E-state index is 0.232. The van der Waals surface area contributed by atoms with Crippen LogP contribution >= 0.6 is 0 Å². The standard InChI is InChI=1S/C6H10F3NO.C2H6.B31/c7-6(8,9)5(11)1-3-10-4-2-5;1-2;1-17-25(16)29(24(14)15)31(28(22(10)11)23(12)13)30(26(18(2)3)19(4)5)27(20(6)7)21(8)9/h10-11H,1-4H2;1-2H3;. The highest BCUT2D eigenvalue weighted by atomic mass is 19.4. The summed E-state index contributed by atoms with van der Waals surface area (Å²) in [5, 5.41) is 11.8. The first kappa shape index (κ1) is 47.8. The molecule has 0 aromatic carbocycles. The van der Waals surface area contributed by atoms with Gasteiger partial charge in [0.25, 0.3) is 0 Å². The Kier molecular flexibility index (Phi) is 24.4. The largest absolute Gasteiger partial charge is 0.417 e. The second-order valence-corrected chi connectivity index (χ2v) is 11.1. The maximum Gasteiger partial charge on any atom is 0.417 e. The van der Waals surface area contributed by atoms with Gasteiger partial charge in [0.05, 0.1) is 0 Å². The molecule has 0 aliphatic carbocycles. The summed E-state index contributed by atoms with van der Waals surface area (Å²) >= 11 is 0. The van der Waals surface area contributed by atoms with Gasteiger partial charge in [-0.2, -0.15) is 13.2 Å². The predicted octanol–water partition coefficient (Wildman–Crippen LogP) is -10.1. The Morgan fingerprint density at radius 1 is 0.545 bits per heavy atom. The zero-order chi connectivity index (χ0) is 35.3. The van der Waals surface area contributed by atoms with E-state index in [1.165, 1.54) is 7.06 Å². The highest BCUT2D eigenvalue weighted by Gasteiger charge is 2.54. The summed E-state index contributed by atoms with van der Waals surface area (Å²) < 4.78 is 36.1. The van der Waals surface area contributed by atoms with Crippen LogP contribution in [0.5, 0.6) is 0 Å². The van der Waals surface area contributed by atoms with E-state index >= 15 is 0 Å². The fraction of sp³-hybridized carbons (Fsp3) is 1.00. The van der Waals surface area contributed by atoms with E-state index in [1.54, 1.807) is 0 Å². The third kappa shape index (κ3) is 14.3. The molecule has 0 unspecified atom stereocenters. The maximum absolute atomic E-state index is 12.0. The molecule has 36 heteroatoms. The summed E-state index contributed by atoms with van der Waals surface area (Å²) in [6.07, 6.45) is -18.4. The molecule has 0 aromatic rings. The zero-order valence-corrected chi connectivity index (χ0v) is 25.8. The van der Waals surface area contributed by atoms with Crippen LogP contribution in [0.4, 0.5) is 13.2 Å². The van der Waals surface area contributed by atoms with Crippen molar-refractivity contribution in [2.75, 3.05) is 13.1 Å². The number of nitrogens with one attached hydrogen (secondary N) is 1. The normalized spacial score (nSPS) is 13.0. The highest BCUT2D eigenvalue weighted by Crippen LogP contribution is 2.36. The number of rotatable bonds is 14. The average molecular weight is 534 g/mol. The van der Waals surface area contributed by atoms with Crippen molar-refractivity contribution in [1.29, 1.82) is 0 Å². The molecule has 2 N–H and O–H groups in total. The second-order valence-electron chi connectivity index (χ2n) is 11.1. The monoisotopic (exact) mass is 540 g/mol. The van der Waals surface area contributed by atoms with Crippen LogP contribution in [0, 0.1) is 0 Å². The van der Waals surface area contributed by atoms with E-state index in [1.807, 2.05) is 13.8 Å². The summed E-state index contributed by atoms with van der Waals surface area (Å²) in [5.74, 6) is 0. The van der Waals surface area contributed by atoms with Crippen LogP contribution in [0.3, 0.4) is 0 Å². The van der Waals surface area contributed by atoms with Gasteiger partial charge in [0, 0.05) is 220 Å². The van der Waals surface area contributed by atoms with Gasteiger partial charge in [-0.15, -0.1) is 0 Å². The first-order chi connectivity index (χ1) is 20.1. The maximum atomic E-state index is 12.0. The highest BCUT2D eigenvalue weighted by molar-refractivity contribution is 8.28. The first-order valence-corrected chi connectivity index (χ1v) is 14.5. The van der Waals surface area contributed by atoms with Gasteiger partial charge >= 0.3 is 6.18 Å². The Morgan fingerprint density at radius 3 is 0.977 bits per heavy atom. The molecule has 33 radical (unpaired) electrons.